The van der Waals surface area contributed by atoms with Gasteiger partial charge in [0.1, 0.15) is 12.4 Å². The maximum absolute atomic E-state index is 5.43. The fraction of sp³-hybridized carbons (Fsp3) is 0.435. The number of aromatic nitrogens is 3. The highest BCUT2D eigenvalue weighted by atomic mass is 16.5. The van der Waals surface area contributed by atoms with Gasteiger partial charge < -0.3 is 19.9 Å². The van der Waals surface area contributed by atoms with E-state index in [1.54, 1.807) is 0 Å². The number of hydrogen-bond donors (Lipinski definition) is 2. The quantitative estimate of drug-likeness (QED) is 0.322. The smallest absolute Gasteiger partial charge is 0.192 e. The molecule has 30 heavy (non-hydrogen) atoms. The molecular formula is C23H32N6O. The third kappa shape index (κ3) is 5.79. The lowest BCUT2D eigenvalue weighted by Crippen LogP contribution is -2.39. The fourth-order valence-electron chi connectivity index (χ4n) is 3.18. The van der Waals surface area contributed by atoms with Crippen molar-refractivity contribution < 1.29 is 4.74 Å². The molecule has 1 unspecified atom stereocenters. The summed E-state index contributed by atoms with van der Waals surface area (Å²) in [5.41, 5.74) is 1.21. The fourth-order valence-corrected chi connectivity index (χ4v) is 3.18. The lowest BCUT2D eigenvalue weighted by Gasteiger charge is -2.19. The Morgan fingerprint density at radius 3 is 2.70 bits per heavy atom. The van der Waals surface area contributed by atoms with Gasteiger partial charge in [0.15, 0.2) is 11.8 Å². The maximum atomic E-state index is 5.43. The summed E-state index contributed by atoms with van der Waals surface area (Å²) in [6.07, 6.45) is 0.919. The van der Waals surface area contributed by atoms with Crippen LogP contribution < -0.4 is 10.6 Å². The van der Waals surface area contributed by atoms with Gasteiger partial charge >= 0.3 is 0 Å². The number of ether oxygens (including phenoxy) is 1. The van der Waals surface area contributed by atoms with E-state index in [9.17, 15) is 0 Å². The van der Waals surface area contributed by atoms with Gasteiger partial charge in [-0.25, -0.2) is 4.99 Å². The number of guanidine groups is 1. The van der Waals surface area contributed by atoms with Crippen LogP contribution in [0.2, 0.25) is 0 Å². The molecule has 0 saturated carbocycles. The molecule has 2 aromatic carbocycles. The van der Waals surface area contributed by atoms with Gasteiger partial charge in [-0.1, -0.05) is 36.4 Å². The first kappa shape index (κ1) is 21.8. The Labute approximate surface area is 178 Å². The summed E-state index contributed by atoms with van der Waals surface area (Å²) < 4.78 is 7.39. The van der Waals surface area contributed by atoms with Crippen LogP contribution in [0.1, 0.15) is 43.5 Å². The summed E-state index contributed by atoms with van der Waals surface area (Å²) in [5, 5.41) is 17.7. The Morgan fingerprint density at radius 2 is 1.97 bits per heavy atom. The first-order valence-corrected chi connectivity index (χ1v) is 10.5. The molecule has 3 rings (SSSR count). The van der Waals surface area contributed by atoms with Crippen molar-refractivity contribution in [3.05, 3.63) is 59.7 Å². The summed E-state index contributed by atoms with van der Waals surface area (Å²) in [5.74, 6) is 2.47. The highest BCUT2D eigenvalue weighted by molar-refractivity contribution is 5.84. The molecule has 2 N–H and O–H groups in total. The molecule has 1 aromatic heterocycles. The number of nitrogens with one attached hydrogen (secondary N) is 2. The van der Waals surface area contributed by atoms with Crippen LogP contribution in [0.25, 0.3) is 10.8 Å². The predicted octanol–water partition coefficient (Wildman–Crippen LogP) is 3.50. The van der Waals surface area contributed by atoms with Gasteiger partial charge in [-0.05, 0) is 49.6 Å². The van der Waals surface area contributed by atoms with Crippen LogP contribution in [0.3, 0.4) is 0 Å². The number of fused-ring (bicyclic) bond motifs is 1. The van der Waals surface area contributed by atoms with Gasteiger partial charge in [0.2, 0.25) is 0 Å². The van der Waals surface area contributed by atoms with Gasteiger partial charge in [-0.2, -0.15) is 0 Å². The van der Waals surface area contributed by atoms with E-state index in [2.05, 4.69) is 70.2 Å². The summed E-state index contributed by atoms with van der Waals surface area (Å²) in [6.45, 7) is 8.82. The molecular weight excluding hydrogens is 376 g/mol. The highest BCUT2D eigenvalue weighted by Crippen LogP contribution is 2.20. The van der Waals surface area contributed by atoms with Crippen molar-refractivity contribution in [2.75, 3.05) is 19.8 Å². The van der Waals surface area contributed by atoms with E-state index in [0.717, 1.165) is 43.8 Å². The minimum absolute atomic E-state index is 0.106. The molecule has 160 valence electrons. The van der Waals surface area contributed by atoms with E-state index in [0.29, 0.717) is 6.54 Å². The van der Waals surface area contributed by atoms with Gasteiger partial charge in [0.25, 0.3) is 0 Å². The van der Waals surface area contributed by atoms with E-state index in [1.807, 2.05) is 25.5 Å². The van der Waals surface area contributed by atoms with Gasteiger partial charge in [-0.3, -0.25) is 0 Å². The first-order chi connectivity index (χ1) is 14.6. The number of aliphatic imine (C=N–C) groups is 1. The van der Waals surface area contributed by atoms with Crippen molar-refractivity contribution >= 4 is 16.7 Å². The van der Waals surface area contributed by atoms with Crippen molar-refractivity contribution in [3.63, 3.8) is 0 Å². The Hall–Kier alpha value is -2.93. The molecule has 0 aliphatic carbocycles. The molecule has 0 amide bonds. The molecule has 7 nitrogen and oxygen atoms in total. The number of benzene rings is 2. The Kier molecular flexibility index (Phi) is 7.79. The van der Waals surface area contributed by atoms with Crippen molar-refractivity contribution in [2.24, 2.45) is 12.0 Å². The topological polar surface area (TPSA) is 76.4 Å². The van der Waals surface area contributed by atoms with E-state index in [-0.39, 0.29) is 6.04 Å². The summed E-state index contributed by atoms with van der Waals surface area (Å²) in [6, 6.07) is 15.1. The van der Waals surface area contributed by atoms with Crippen LogP contribution in [-0.2, 0) is 18.3 Å². The molecule has 0 fully saturated rings. The molecule has 7 heteroatoms. The molecule has 3 aromatic rings. The van der Waals surface area contributed by atoms with E-state index in [1.165, 1.54) is 16.3 Å². The van der Waals surface area contributed by atoms with E-state index >= 15 is 0 Å². The standard InChI is InChI=1S/C23H32N6O/c1-5-30-14-8-13-24-23(25-16-22-28-27-18(3)29(22)4)26-17(2)20-12-11-19-9-6-7-10-21(19)15-20/h6-7,9-12,15,17H,5,8,13-14,16H2,1-4H3,(H2,24,25,26). The highest BCUT2D eigenvalue weighted by Gasteiger charge is 2.10. The first-order valence-electron chi connectivity index (χ1n) is 10.5. The van der Waals surface area contributed by atoms with Gasteiger partial charge in [-0.15, -0.1) is 10.2 Å². The average molecular weight is 409 g/mol. The van der Waals surface area contributed by atoms with Crippen LogP contribution in [-0.4, -0.2) is 40.5 Å². The SMILES string of the molecule is CCOCCCNC(=NCc1nnc(C)n1C)NC(C)c1ccc2ccccc2c1. The largest absolute Gasteiger partial charge is 0.382 e. The second kappa shape index (κ2) is 10.7. The molecule has 0 bridgehead atoms. The van der Waals surface area contributed by atoms with Crippen LogP contribution in [0, 0.1) is 6.92 Å². The van der Waals surface area contributed by atoms with Gasteiger partial charge in [0, 0.05) is 26.8 Å². The monoisotopic (exact) mass is 408 g/mol. The van der Waals surface area contributed by atoms with Crippen molar-refractivity contribution in [2.45, 2.75) is 39.8 Å². The molecule has 1 atom stereocenters. The normalized spacial score (nSPS) is 12.9. The second-order valence-corrected chi connectivity index (χ2v) is 7.34. The maximum Gasteiger partial charge on any atom is 0.192 e. The molecule has 0 spiro atoms. The molecule has 0 saturated heterocycles. The number of nitrogens with zero attached hydrogens (tertiary/aromatic N) is 4. The zero-order valence-corrected chi connectivity index (χ0v) is 18.4. The lowest BCUT2D eigenvalue weighted by molar-refractivity contribution is 0.145. The summed E-state index contributed by atoms with van der Waals surface area (Å²) in [7, 11) is 1.96. The Morgan fingerprint density at radius 1 is 1.17 bits per heavy atom. The van der Waals surface area contributed by atoms with Crippen LogP contribution in [0.5, 0.6) is 0 Å². The van der Waals surface area contributed by atoms with Crippen molar-refractivity contribution in [1.82, 2.24) is 25.4 Å². The Balaban J connectivity index is 1.70. The van der Waals surface area contributed by atoms with Crippen molar-refractivity contribution in [3.8, 4) is 0 Å². The minimum atomic E-state index is 0.106. The number of aryl methyl sites for hydroxylation is 1. The molecule has 0 radical (unpaired) electrons. The van der Waals surface area contributed by atoms with E-state index in [4.69, 9.17) is 9.73 Å². The van der Waals surface area contributed by atoms with Gasteiger partial charge in [0.05, 0.1) is 6.04 Å². The number of rotatable bonds is 9. The molecule has 1 heterocycles. The lowest BCUT2D eigenvalue weighted by atomic mass is 10.0. The minimum Gasteiger partial charge on any atom is -0.382 e. The molecule has 0 aliphatic rings. The zero-order valence-electron chi connectivity index (χ0n) is 18.4. The van der Waals surface area contributed by atoms with E-state index < -0.39 is 0 Å². The van der Waals surface area contributed by atoms with Crippen LogP contribution in [0.4, 0.5) is 0 Å². The predicted molar refractivity (Wildman–Crippen MR) is 121 cm³/mol. The third-order valence-corrected chi connectivity index (χ3v) is 5.15. The second-order valence-electron chi connectivity index (χ2n) is 7.34. The summed E-state index contributed by atoms with van der Waals surface area (Å²) in [4.78, 5) is 4.74. The Bertz CT molecular complexity index is 981. The van der Waals surface area contributed by atoms with Crippen LogP contribution in [0.15, 0.2) is 47.5 Å². The third-order valence-electron chi connectivity index (χ3n) is 5.15. The van der Waals surface area contributed by atoms with Crippen LogP contribution >= 0.6 is 0 Å². The molecule has 0 aliphatic heterocycles. The number of hydrogen-bond acceptors (Lipinski definition) is 4. The summed E-state index contributed by atoms with van der Waals surface area (Å²) >= 11 is 0. The van der Waals surface area contributed by atoms with Crippen molar-refractivity contribution in [1.29, 1.82) is 0 Å². The average Bonchev–Trinajstić information content (AvgIpc) is 3.08. The zero-order chi connectivity index (χ0) is 21.3.